The molecule has 0 bridgehead atoms. The molecule has 32 heavy (non-hydrogen) atoms. The van der Waals surface area contributed by atoms with Crippen molar-refractivity contribution >= 4 is 11.9 Å². The molecule has 3 aliphatic rings. The second-order valence-corrected chi connectivity index (χ2v) is 8.47. The number of carbonyl (C=O) groups is 2. The predicted molar refractivity (Wildman–Crippen MR) is 106 cm³/mol. The monoisotopic (exact) mass is 461 g/mol. The number of carboxylic acid groups (broad SMARTS) is 1. The molecule has 3 saturated heterocycles. The number of halogens is 4. The molecule has 1 aromatic rings. The molecule has 3 fully saturated rings. The third kappa shape index (κ3) is 6.38. The zero-order valence-corrected chi connectivity index (χ0v) is 17.6. The molecular formula is C21H27F4N3O4. The van der Waals surface area contributed by atoms with Crippen molar-refractivity contribution in [3.63, 3.8) is 0 Å². The average Bonchev–Trinajstić information content (AvgIpc) is 3.38. The van der Waals surface area contributed by atoms with Crippen molar-refractivity contribution in [3.05, 3.63) is 29.8 Å². The van der Waals surface area contributed by atoms with Crippen molar-refractivity contribution in [2.75, 3.05) is 32.7 Å². The summed E-state index contributed by atoms with van der Waals surface area (Å²) in [6.07, 6.45) is 3.29. The molecule has 2 atom stereocenters. The van der Waals surface area contributed by atoms with Crippen LogP contribution in [-0.2, 0) is 9.53 Å². The maximum Gasteiger partial charge on any atom is 0.490 e. The Morgan fingerprint density at radius 2 is 1.88 bits per heavy atom. The molecule has 4 heterocycles. The summed E-state index contributed by atoms with van der Waals surface area (Å²) in [7, 11) is 0. The van der Waals surface area contributed by atoms with Crippen molar-refractivity contribution in [1.82, 2.24) is 14.8 Å². The van der Waals surface area contributed by atoms with Crippen LogP contribution >= 0.6 is 0 Å². The first kappa shape index (κ1) is 24.4. The predicted octanol–water partition coefficient (Wildman–Crippen LogP) is 3.10. The summed E-state index contributed by atoms with van der Waals surface area (Å²) in [5.74, 6) is -3.49. The van der Waals surface area contributed by atoms with Gasteiger partial charge in [-0.3, -0.25) is 4.79 Å². The number of nitrogens with zero attached hydrogens (tertiary/aromatic N) is 3. The van der Waals surface area contributed by atoms with E-state index in [9.17, 15) is 22.4 Å². The zero-order chi connectivity index (χ0) is 23.4. The first-order valence-corrected chi connectivity index (χ1v) is 10.7. The number of ether oxygens (including phenoxy) is 1. The van der Waals surface area contributed by atoms with Gasteiger partial charge in [-0.05, 0) is 57.7 Å². The third-order valence-electron chi connectivity index (χ3n) is 6.06. The van der Waals surface area contributed by atoms with Gasteiger partial charge in [0.15, 0.2) is 0 Å². The molecule has 0 unspecified atom stereocenters. The highest BCUT2D eigenvalue weighted by atomic mass is 19.4. The molecule has 0 saturated carbocycles. The minimum Gasteiger partial charge on any atom is -0.475 e. The highest BCUT2D eigenvalue weighted by Gasteiger charge is 2.44. The van der Waals surface area contributed by atoms with Gasteiger partial charge in [0.1, 0.15) is 0 Å². The first-order chi connectivity index (χ1) is 15.1. The fourth-order valence-electron chi connectivity index (χ4n) is 4.54. The Bertz CT molecular complexity index is 816. The van der Waals surface area contributed by atoms with Gasteiger partial charge in [-0.25, -0.2) is 9.78 Å². The van der Waals surface area contributed by atoms with Crippen molar-refractivity contribution in [2.45, 2.75) is 56.4 Å². The number of hydrogen-bond acceptors (Lipinski definition) is 5. The van der Waals surface area contributed by atoms with Crippen LogP contribution in [0.1, 0.15) is 48.9 Å². The molecule has 0 radical (unpaired) electrons. The Kier molecular flexibility index (Phi) is 7.71. The van der Waals surface area contributed by atoms with E-state index >= 15 is 0 Å². The summed E-state index contributed by atoms with van der Waals surface area (Å²) in [6, 6.07) is 2.79. The Labute approximate surface area is 183 Å². The highest BCUT2D eigenvalue weighted by molar-refractivity contribution is 5.94. The quantitative estimate of drug-likeness (QED) is 0.550. The molecular weight excluding hydrogens is 434 g/mol. The molecule has 1 N–H and O–H groups in total. The zero-order valence-electron chi connectivity index (χ0n) is 17.6. The Balaban J connectivity index is 0.000000360. The standard InChI is InChI=1S/C19H26FN3O2.C2HF3O2/c20-17-12-15(5-8-21-17)18(24)23-11-7-19(14-23)6-3-4-16(25-19)13-22-9-1-2-10-22;3-2(4,5)1(6)7/h5,8,12,16H,1-4,6-7,9-11,13-14H2;(H,6,7)/t16-,19-;/m1./s1. The van der Waals surface area contributed by atoms with Crippen LogP contribution in [0.15, 0.2) is 18.3 Å². The van der Waals surface area contributed by atoms with Crippen molar-refractivity contribution < 1.29 is 37.0 Å². The molecule has 7 nitrogen and oxygen atoms in total. The Hall–Kier alpha value is -2.27. The van der Waals surface area contributed by atoms with Crippen LogP contribution in [0, 0.1) is 5.95 Å². The fraction of sp³-hybridized carbons (Fsp3) is 0.667. The highest BCUT2D eigenvalue weighted by Crippen LogP contribution is 2.37. The lowest BCUT2D eigenvalue weighted by molar-refractivity contribution is -0.192. The van der Waals surface area contributed by atoms with E-state index in [1.807, 2.05) is 4.90 Å². The maximum absolute atomic E-state index is 13.3. The molecule has 1 amide bonds. The number of hydrogen-bond donors (Lipinski definition) is 1. The van der Waals surface area contributed by atoms with Crippen LogP contribution in [0.5, 0.6) is 0 Å². The topological polar surface area (TPSA) is 83.0 Å². The number of rotatable bonds is 3. The van der Waals surface area contributed by atoms with Crippen molar-refractivity contribution in [1.29, 1.82) is 0 Å². The lowest BCUT2D eigenvalue weighted by Gasteiger charge is -2.40. The van der Waals surface area contributed by atoms with E-state index in [1.165, 1.54) is 38.2 Å². The number of likely N-dealkylation sites (tertiary alicyclic amines) is 2. The molecule has 4 rings (SSSR count). The van der Waals surface area contributed by atoms with Crippen LogP contribution in [0.3, 0.4) is 0 Å². The van der Waals surface area contributed by atoms with E-state index < -0.39 is 18.1 Å². The van der Waals surface area contributed by atoms with Gasteiger partial charge < -0.3 is 19.6 Å². The van der Waals surface area contributed by atoms with Crippen LogP contribution < -0.4 is 0 Å². The average molecular weight is 461 g/mol. The number of aromatic nitrogens is 1. The lowest BCUT2D eigenvalue weighted by atomic mass is 9.90. The van der Waals surface area contributed by atoms with Crippen LogP contribution in [0.2, 0.25) is 0 Å². The smallest absolute Gasteiger partial charge is 0.475 e. The summed E-state index contributed by atoms with van der Waals surface area (Å²) in [5.41, 5.74) is 0.165. The van der Waals surface area contributed by atoms with Gasteiger partial charge in [-0.1, -0.05) is 0 Å². The van der Waals surface area contributed by atoms with E-state index in [2.05, 4.69) is 9.88 Å². The molecule has 3 aliphatic heterocycles. The minimum absolute atomic E-state index is 0.122. The third-order valence-corrected chi connectivity index (χ3v) is 6.06. The van der Waals surface area contributed by atoms with E-state index in [-0.39, 0.29) is 17.6 Å². The van der Waals surface area contributed by atoms with E-state index in [0.29, 0.717) is 18.7 Å². The Morgan fingerprint density at radius 1 is 1.19 bits per heavy atom. The van der Waals surface area contributed by atoms with E-state index in [4.69, 9.17) is 14.6 Å². The van der Waals surface area contributed by atoms with Crippen molar-refractivity contribution in [3.8, 4) is 0 Å². The summed E-state index contributed by atoms with van der Waals surface area (Å²) in [4.78, 5) is 29.4. The SMILES string of the molecule is O=C(O)C(F)(F)F.O=C(c1ccnc(F)c1)N1CC[C@]2(CCC[C@H](CN3CCCC3)O2)C1. The van der Waals surface area contributed by atoms with E-state index in [0.717, 1.165) is 32.2 Å². The molecule has 0 aliphatic carbocycles. The number of alkyl halides is 3. The van der Waals surface area contributed by atoms with Crippen LogP contribution in [0.4, 0.5) is 17.6 Å². The summed E-state index contributed by atoms with van der Waals surface area (Å²) in [5, 5.41) is 7.12. The fourth-order valence-corrected chi connectivity index (χ4v) is 4.54. The minimum atomic E-state index is -5.08. The Morgan fingerprint density at radius 3 is 2.50 bits per heavy atom. The van der Waals surface area contributed by atoms with E-state index in [1.54, 1.807) is 6.07 Å². The second kappa shape index (κ2) is 10.1. The summed E-state index contributed by atoms with van der Waals surface area (Å²) < 4.78 is 51.5. The largest absolute Gasteiger partial charge is 0.490 e. The normalized spacial score (nSPS) is 26.1. The molecule has 1 spiro atoms. The van der Waals surface area contributed by atoms with Gasteiger partial charge in [0, 0.05) is 30.9 Å². The number of carbonyl (C=O) groups excluding carboxylic acids is 1. The lowest BCUT2D eigenvalue weighted by Crippen LogP contribution is -2.47. The summed E-state index contributed by atoms with van der Waals surface area (Å²) >= 11 is 0. The number of pyridine rings is 1. The maximum atomic E-state index is 13.3. The molecule has 178 valence electrons. The first-order valence-electron chi connectivity index (χ1n) is 10.7. The van der Waals surface area contributed by atoms with Gasteiger partial charge in [0.25, 0.3) is 5.91 Å². The summed E-state index contributed by atoms with van der Waals surface area (Å²) in [6.45, 7) is 4.69. The van der Waals surface area contributed by atoms with Gasteiger partial charge >= 0.3 is 12.1 Å². The molecule has 1 aromatic heterocycles. The van der Waals surface area contributed by atoms with Gasteiger partial charge in [0.2, 0.25) is 5.95 Å². The van der Waals surface area contributed by atoms with Gasteiger partial charge in [-0.2, -0.15) is 17.6 Å². The van der Waals surface area contributed by atoms with Crippen molar-refractivity contribution in [2.24, 2.45) is 0 Å². The van der Waals surface area contributed by atoms with Crippen LogP contribution in [-0.4, -0.2) is 82.4 Å². The van der Waals surface area contributed by atoms with Gasteiger partial charge in [0.05, 0.1) is 18.2 Å². The van der Waals surface area contributed by atoms with Crippen LogP contribution in [0.25, 0.3) is 0 Å². The number of amides is 1. The van der Waals surface area contributed by atoms with Gasteiger partial charge in [-0.15, -0.1) is 0 Å². The molecule has 0 aromatic carbocycles. The molecule has 11 heteroatoms. The second-order valence-electron chi connectivity index (χ2n) is 8.47. The number of carboxylic acids is 1. The number of aliphatic carboxylic acids is 1.